The van der Waals surface area contributed by atoms with Crippen LogP contribution >= 0.6 is 0 Å². The molecule has 9 nitrogen and oxygen atoms in total. The van der Waals surface area contributed by atoms with Crippen molar-refractivity contribution in [3.8, 4) is 0 Å². The summed E-state index contributed by atoms with van der Waals surface area (Å²) >= 11 is 0. The monoisotopic (exact) mass is 477 g/mol. The van der Waals surface area contributed by atoms with Crippen LogP contribution in [0.4, 0.5) is 0 Å². The van der Waals surface area contributed by atoms with E-state index in [0.717, 1.165) is 17.2 Å². The molecule has 2 aromatic carbocycles. The lowest BCUT2D eigenvalue weighted by atomic mass is 10.0. The van der Waals surface area contributed by atoms with Crippen molar-refractivity contribution < 1.29 is 18.0 Å². The number of carbonyl (C=O) groups is 2. The van der Waals surface area contributed by atoms with Crippen LogP contribution in [0.1, 0.15) is 45.4 Å². The number of fused-ring (bicyclic) bond motifs is 1. The number of nitrogens with one attached hydrogen (secondary N) is 2. The first-order chi connectivity index (χ1) is 15.7. The Bertz CT molecular complexity index is 1040. The predicted molar refractivity (Wildman–Crippen MR) is 130 cm³/mol. The molecule has 0 fully saturated rings. The lowest BCUT2D eigenvalue weighted by molar-refractivity contribution is -0.127. The van der Waals surface area contributed by atoms with Crippen molar-refractivity contribution in [2.24, 2.45) is 17.2 Å². The summed E-state index contributed by atoms with van der Waals surface area (Å²) in [5.41, 5.74) is 16.9. The maximum atomic E-state index is 13.0. The van der Waals surface area contributed by atoms with Crippen molar-refractivity contribution in [3.63, 3.8) is 0 Å². The van der Waals surface area contributed by atoms with Crippen molar-refractivity contribution in [2.45, 2.75) is 68.5 Å². The molecule has 10 heteroatoms. The SMILES string of the molecule is CCCC(CCC(N)CCN)NC(=O)[C@H](CC(N)=O)NS(=O)(=O)c1ccc2ccccc2c1. The zero-order chi connectivity index (χ0) is 24.4. The van der Waals surface area contributed by atoms with E-state index in [4.69, 9.17) is 17.2 Å². The summed E-state index contributed by atoms with van der Waals surface area (Å²) in [5.74, 6) is -1.38. The maximum Gasteiger partial charge on any atom is 0.241 e. The Labute approximate surface area is 195 Å². The van der Waals surface area contributed by atoms with Crippen molar-refractivity contribution >= 4 is 32.6 Å². The molecule has 0 saturated carbocycles. The van der Waals surface area contributed by atoms with Gasteiger partial charge in [-0.05, 0) is 55.1 Å². The molecule has 2 amide bonds. The summed E-state index contributed by atoms with van der Waals surface area (Å²) in [6, 6.07) is 10.4. The van der Waals surface area contributed by atoms with Crippen molar-refractivity contribution in [1.82, 2.24) is 10.0 Å². The number of hydrogen-bond donors (Lipinski definition) is 5. The molecular weight excluding hydrogens is 442 g/mol. The minimum absolute atomic E-state index is 0.00124. The van der Waals surface area contributed by atoms with Crippen LogP contribution in [0.2, 0.25) is 0 Å². The van der Waals surface area contributed by atoms with Gasteiger partial charge >= 0.3 is 0 Å². The van der Waals surface area contributed by atoms with Crippen molar-refractivity contribution in [3.05, 3.63) is 42.5 Å². The molecule has 0 saturated heterocycles. The molecule has 0 aliphatic rings. The van der Waals surface area contributed by atoms with Crippen molar-refractivity contribution in [2.75, 3.05) is 6.54 Å². The summed E-state index contributed by atoms with van der Waals surface area (Å²) in [5, 5.41) is 4.49. The fourth-order valence-corrected chi connectivity index (χ4v) is 4.92. The molecule has 0 aliphatic carbocycles. The third-order valence-corrected chi connectivity index (χ3v) is 6.93. The van der Waals surface area contributed by atoms with Gasteiger partial charge in [-0.2, -0.15) is 4.72 Å². The molecule has 0 spiro atoms. The van der Waals surface area contributed by atoms with E-state index in [1.54, 1.807) is 12.1 Å². The van der Waals surface area contributed by atoms with E-state index in [9.17, 15) is 18.0 Å². The second-order valence-electron chi connectivity index (χ2n) is 8.26. The number of hydrogen-bond acceptors (Lipinski definition) is 6. The van der Waals surface area contributed by atoms with Gasteiger partial charge in [0.2, 0.25) is 21.8 Å². The molecule has 33 heavy (non-hydrogen) atoms. The van der Waals surface area contributed by atoms with Gasteiger partial charge in [0.15, 0.2) is 0 Å². The van der Waals surface area contributed by atoms with Gasteiger partial charge in [-0.3, -0.25) is 9.59 Å². The first-order valence-corrected chi connectivity index (χ1v) is 12.7. The standard InChI is InChI=1S/C23H35N5O4S/c1-2-5-19(10-9-18(25)12-13-24)27-23(30)21(15-22(26)29)28-33(31,32)20-11-8-16-6-3-4-7-17(16)14-20/h3-4,6-8,11,14,18-19,21,28H,2,5,9-10,12-13,15,24-25H2,1H3,(H2,26,29)(H,27,30)/t18?,19?,21-/m0/s1. The summed E-state index contributed by atoms with van der Waals surface area (Å²) in [6.07, 6.45) is 3.04. The van der Waals surface area contributed by atoms with Gasteiger partial charge in [0.05, 0.1) is 11.3 Å². The second kappa shape index (κ2) is 12.6. The molecule has 8 N–H and O–H groups in total. The molecule has 182 valence electrons. The van der Waals surface area contributed by atoms with Crippen LogP contribution < -0.4 is 27.2 Å². The van der Waals surface area contributed by atoms with Crippen LogP contribution in [0.25, 0.3) is 10.8 Å². The minimum atomic E-state index is -4.08. The highest BCUT2D eigenvalue weighted by atomic mass is 32.2. The number of primary amides is 1. The van der Waals surface area contributed by atoms with Gasteiger partial charge in [0.1, 0.15) is 6.04 Å². The first kappa shape index (κ1) is 26.7. The topological polar surface area (TPSA) is 170 Å². The van der Waals surface area contributed by atoms with Crippen LogP contribution in [0.15, 0.2) is 47.4 Å². The molecular formula is C23H35N5O4S. The average Bonchev–Trinajstić information content (AvgIpc) is 2.76. The Morgan fingerprint density at radius 3 is 2.33 bits per heavy atom. The molecule has 0 bridgehead atoms. The Balaban J connectivity index is 2.16. The Hall–Kier alpha value is -2.53. The van der Waals surface area contributed by atoms with Gasteiger partial charge in [-0.25, -0.2) is 8.42 Å². The first-order valence-electron chi connectivity index (χ1n) is 11.2. The van der Waals surface area contributed by atoms with Crippen LogP contribution in [-0.4, -0.2) is 44.9 Å². The summed E-state index contributed by atoms with van der Waals surface area (Å²) in [7, 11) is -4.08. The van der Waals surface area contributed by atoms with Gasteiger partial charge in [0, 0.05) is 12.1 Å². The number of nitrogens with two attached hydrogens (primary N) is 3. The van der Waals surface area contributed by atoms with E-state index >= 15 is 0 Å². The van der Waals surface area contributed by atoms with Gasteiger partial charge in [0.25, 0.3) is 0 Å². The maximum absolute atomic E-state index is 13.0. The number of sulfonamides is 1. The van der Waals surface area contributed by atoms with Crippen molar-refractivity contribution in [1.29, 1.82) is 0 Å². The summed E-state index contributed by atoms with van der Waals surface area (Å²) in [6.45, 7) is 2.48. The predicted octanol–water partition coefficient (Wildman–Crippen LogP) is 1.10. The quantitative estimate of drug-likeness (QED) is 0.273. The van der Waals surface area contributed by atoms with Crippen LogP contribution in [0.3, 0.4) is 0 Å². The van der Waals surface area contributed by atoms with E-state index in [1.807, 2.05) is 25.1 Å². The third kappa shape index (κ3) is 8.39. The average molecular weight is 478 g/mol. The third-order valence-electron chi connectivity index (χ3n) is 5.46. The minimum Gasteiger partial charge on any atom is -0.370 e. The smallest absolute Gasteiger partial charge is 0.241 e. The lowest BCUT2D eigenvalue weighted by Gasteiger charge is -2.24. The molecule has 2 unspecified atom stereocenters. The van der Waals surface area contributed by atoms with E-state index in [-0.39, 0.29) is 17.0 Å². The van der Waals surface area contributed by atoms with Gasteiger partial charge in [-0.15, -0.1) is 0 Å². The lowest BCUT2D eigenvalue weighted by Crippen LogP contribution is -2.51. The summed E-state index contributed by atoms with van der Waals surface area (Å²) in [4.78, 5) is 24.5. The van der Waals surface area contributed by atoms with Gasteiger partial charge < -0.3 is 22.5 Å². The molecule has 0 aliphatic heterocycles. The van der Waals surface area contributed by atoms with E-state index in [0.29, 0.717) is 32.2 Å². The molecule has 0 radical (unpaired) electrons. The molecule has 2 rings (SSSR count). The van der Waals surface area contributed by atoms with Crippen LogP contribution in [0, 0.1) is 0 Å². The number of carbonyl (C=O) groups excluding carboxylic acids is 2. The molecule has 2 aromatic rings. The number of rotatable bonds is 14. The van der Waals surface area contributed by atoms with E-state index in [1.165, 1.54) is 12.1 Å². The highest BCUT2D eigenvalue weighted by Gasteiger charge is 2.29. The zero-order valence-electron chi connectivity index (χ0n) is 19.0. The number of benzene rings is 2. The fourth-order valence-electron chi connectivity index (χ4n) is 3.69. The van der Waals surface area contributed by atoms with E-state index in [2.05, 4.69) is 10.0 Å². The number of amides is 2. The zero-order valence-corrected chi connectivity index (χ0v) is 19.8. The fraction of sp³-hybridized carbons (Fsp3) is 0.478. The Morgan fingerprint density at radius 1 is 1.00 bits per heavy atom. The summed E-state index contributed by atoms with van der Waals surface area (Å²) < 4.78 is 28.4. The Morgan fingerprint density at radius 2 is 1.70 bits per heavy atom. The largest absolute Gasteiger partial charge is 0.370 e. The van der Waals surface area contributed by atoms with Crippen LogP contribution in [-0.2, 0) is 19.6 Å². The van der Waals surface area contributed by atoms with E-state index < -0.39 is 34.3 Å². The molecule has 0 heterocycles. The normalized spacial score (nSPS) is 14.5. The second-order valence-corrected chi connectivity index (χ2v) is 9.98. The Kier molecular flexibility index (Phi) is 10.2. The highest BCUT2D eigenvalue weighted by molar-refractivity contribution is 7.89. The van der Waals surface area contributed by atoms with Gasteiger partial charge in [-0.1, -0.05) is 43.7 Å². The van der Waals surface area contributed by atoms with Crippen LogP contribution in [0.5, 0.6) is 0 Å². The highest BCUT2D eigenvalue weighted by Crippen LogP contribution is 2.19. The molecule has 3 atom stereocenters. The molecule has 0 aromatic heterocycles.